The second-order valence-corrected chi connectivity index (χ2v) is 8.97. The molecule has 3 aliphatic rings. The van der Waals surface area contributed by atoms with Crippen LogP contribution in [-0.4, -0.2) is 48.4 Å². The lowest BCUT2D eigenvalue weighted by Crippen LogP contribution is -2.45. The van der Waals surface area contributed by atoms with Crippen LogP contribution in [0.25, 0.3) is 0 Å². The molecule has 2 N–H and O–H groups in total. The van der Waals surface area contributed by atoms with E-state index in [2.05, 4.69) is 41.0 Å². The van der Waals surface area contributed by atoms with Gasteiger partial charge in [-0.3, -0.25) is 9.59 Å². The van der Waals surface area contributed by atoms with E-state index in [0.29, 0.717) is 30.3 Å². The van der Waals surface area contributed by atoms with Crippen LogP contribution in [-0.2, 0) is 16.0 Å². The summed E-state index contributed by atoms with van der Waals surface area (Å²) < 4.78 is 0. The van der Waals surface area contributed by atoms with Gasteiger partial charge in [-0.15, -0.1) is 0 Å². The summed E-state index contributed by atoms with van der Waals surface area (Å²) in [5.74, 6) is 1.23. The number of nitrogens with one attached hydrogen (secondary N) is 2. The van der Waals surface area contributed by atoms with E-state index in [0.717, 1.165) is 45.2 Å². The summed E-state index contributed by atoms with van der Waals surface area (Å²) in [7, 11) is 0. The van der Waals surface area contributed by atoms with Gasteiger partial charge in [-0.05, 0) is 62.3 Å². The fourth-order valence-electron chi connectivity index (χ4n) is 5.30. The zero-order valence-corrected chi connectivity index (χ0v) is 16.7. The summed E-state index contributed by atoms with van der Waals surface area (Å²) in [4.78, 5) is 26.7. The number of likely N-dealkylation sites (tertiary alicyclic amines) is 1. The molecule has 0 radical (unpaired) electrons. The summed E-state index contributed by atoms with van der Waals surface area (Å²) in [6, 6.07) is 11.8. The van der Waals surface area contributed by atoms with E-state index >= 15 is 0 Å². The molecule has 28 heavy (non-hydrogen) atoms. The van der Waals surface area contributed by atoms with E-state index in [1.54, 1.807) is 0 Å². The van der Waals surface area contributed by atoms with Crippen LogP contribution in [0.2, 0.25) is 0 Å². The molecule has 5 nitrogen and oxygen atoms in total. The molecule has 3 aliphatic heterocycles. The Bertz CT molecular complexity index is 658. The second-order valence-electron chi connectivity index (χ2n) is 8.97. The average Bonchev–Trinajstić information content (AvgIpc) is 3.05. The van der Waals surface area contributed by atoms with Crippen molar-refractivity contribution in [3.8, 4) is 0 Å². The summed E-state index contributed by atoms with van der Waals surface area (Å²) in [6.45, 7) is 1.77. The lowest BCUT2D eigenvalue weighted by molar-refractivity contribution is -0.134. The second kappa shape index (κ2) is 9.08. The summed E-state index contributed by atoms with van der Waals surface area (Å²) in [5, 5.41) is 6.49. The molecular formula is C23H33N3O2. The average molecular weight is 384 g/mol. The molecule has 3 fully saturated rings. The van der Waals surface area contributed by atoms with Crippen LogP contribution in [0.15, 0.2) is 30.3 Å². The molecule has 2 unspecified atom stereocenters. The van der Waals surface area contributed by atoms with E-state index in [1.807, 2.05) is 4.90 Å². The third kappa shape index (κ3) is 5.13. The van der Waals surface area contributed by atoms with Crippen molar-refractivity contribution in [2.24, 2.45) is 11.8 Å². The molecular weight excluding hydrogens is 350 g/mol. The highest BCUT2D eigenvalue weighted by Crippen LogP contribution is 2.32. The van der Waals surface area contributed by atoms with Crippen LogP contribution < -0.4 is 10.6 Å². The van der Waals surface area contributed by atoms with Gasteiger partial charge in [0.1, 0.15) is 0 Å². The van der Waals surface area contributed by atoms with Crippen LogP contribution in [0.3, 0.4) is 0 Å². The Morgan fingerprint density at radius 2 is 1.64 bits per heavy atom. The lowest BCUT2D eigenvalue weighted by Gasteiger charge is -2.32. The zero-order chi connectivity index (χ0) is 19.3. The standard InChI is InChI=1S/C23H33N3O2/c27-22(15-19-13-20-6-7-21(14-19)25-20)24-16-23(28)26-10-8-18(9-11-26)12-17-4-2-1-3-5-17/h1-5,18-21,25H,6-16H2,(H,24,27). The van der Waals surface area contributed by atoms with Crippen molar-refractivity contribution < 1.29 is 9.59 Å². The maximum Gasteiger partial charge on any atom is 0.241 e. The number of fused-ring (bicyclic) bond motifs is 2. The number of amides is 2. The maximum atomic E-state index is 12.5. The molecule has 1 aromatic carbocycles. The van der Waals surface area contributed by atoms with Gasteiger partial charge in [0.15, 0.2) is 0 Å². The minimum Gasteiger partial charge on any atom is -0.347 e. The normalized spacial score (nSPS) is 27.6. The molecule has 1 aromatic rings. The number of nitrogens with zero attached hydrogens (tertiary/aromatic N) is 1. The molecule has 2 bridgehead atoms. The van der Waals surface area contributed by atoms with E-state index in [1.165, 1.54) is 18.4 Å². The van der Waals surface area contributed by atoms with Crippen LogP contribution in [0.1, 0.15) is 50.5 Å². The van der Waals surface area contributed by atoms with Crippen molar-refractivity contribution in [2.45, 2.75) is 63.5 Å². The Labute approximate surface area is 168 Å². The van der Waals surface area contributed by atoms with Crippen LogP contribution >= 0.6 is 0 Å². The fourth-order valence-corrected chi connectivity index (χ4v) is 5.30. The number of carbonyl (C=O) groups is 2. The Morgan fingerprint density at radius 3 is 2.32 bits per heavy atom. The van der Waals surface area contributed by atoms with Gasteiger partial charge in [0, 0.05) is 31.6 Å². The van der Waals surface area contributed by atoms with E-state index < -0.39 is 0 Å². The van der Waals surface area contributed by atoms with Gasteiger partial charge in [-0.25, -0.2) is 0 Å². The topological polar surface area (TPSA) is 61.4 Å². The number of hydrogen-bond donors (Lipinski definition) is 2. The molecule has 5 heteroatoms. The Balaban J connectivity index is 1.14. The fraction of sp³-hybridized carbons (Fsp3) is 0.652. The first kappa shape index (κ1) is 19.4. The monoisotopic (exact) mass is 383 g/mol. The van der Waals surface area contributed by atoms with E-state index in [-0.39, 0.29) is 18.4 Å². The third-order valence-corrected chi connectivity index (χ3v) is 6.82. The molecule has 4 rings (SSSR count). The molecule has 0 spiro atoms. The minimum absolute atomic E-state index is 0.0404. The Morgan fingerprint density at radius 1 is 0.964 bits per heavy atom. The molecule has 152 valence electrons. The maximum absolute atomic E-state index is 12.5. The SMILES string of the molecule is O=C(CC1CC2CCC(C1)N2)NCC(=O)N1CCC(Cc2ccccc2)CC1. The highest BCUT2D eigenvalue weighted by atomic mass is 16.2. The van der Waals surface area contributed by atoms with Gasteiger partial charge in [0.05, 0.1) is 6.54 Å². The molecule has 3 saturated heterocycles. The molecule has 2 amide bonds. The van der Waals surface area contributed by atoms with Crippen molar-refractivity contribution in [2.75, 3.05) is 19.6 Å². The minimum atomic E-state index is 0.0404. The predicted octanol–water partition coefficient (Wildman–Crippen LogP) is 2.50. The number of carbonyl (C=O) groups excluding carboxylic acids is 2. The van der Waals surface area contributed by atoms with Gasteiger partial charge in [0.2, 0.25) is 11.8 Å². The van der Waals surface area contributed by atoms with E-state index in [4.69, 9.17) is 0 Å². The van der Waals surface area contributed by atoms with Crippen LogP contribution in [0, 0.1) is 11.8 Å². The first-order chi connectivity index (χ1) is 13.7. The van der Waals surface area contributed by atoms with Crippen molar-refractivity contribution in [3.05, 3.63) is 35.9 Å². The number of piperidine rings is 2. The van der Waals surface area contributed by atoms with Crippen molar-refractivity contribution in [3.63, 3.8) is 0 Å². The predicted molar refractivity (Wildman–Crippen MR) is 110 cm³/mol. The van der Waals surface area contributed by atoms with Crippen molar-refractivity contribution in [1.82, 2.24) is 15.5 Å². The highest BCUT2D eigenvalue weighted by Gasteiger charge is 2.34. The van der Waals surface area contributed by atoms with Gasteiger partial charge in [0.25, 0.3) is 0 Å². The van der Waals surface area contributed by atoms with Crippen molar-refractivity contribution >= 4 is 11.8 Å². The molecule has 3 heterocycles. The zero-order valence-electron chi connectivity index (χ0n) is 16.7. The molecule has 0 aromatic heterocycles. The quantitative estimate of drug-likeness (QED) is 0.793. The lowest BCUT2D eigenvalue weighted by atomic mass is 9.89. The summed E-state index contributed by atoms with van der Waals surface area (Å²) in [6.07, 6.45) is 8.47. The third-order valence-electron chi connectivity index (χ3n) is 6.82. The number of benzene rings is 1. The van der Waals surface area contributed by atoms with Gasteiger partial charge in [-0.1, -0.05) is 30.3 Å². The smallest absolute Gasteiger partial charge is 0.241 e. The Hall–Kier alpha value is -1.88. The first-order valence-corrected chi connectivity index (χ1v) is 11.0. The van der Waals surface area contributed by atoms with Crippen molar-refractivity contribution in [1.29, 1.82) is 0 Å². The highest BCUT2D eigenvalue weighted by molar-refractivity contribution is 5.84. The van der Waals surface area contributed by atoms with Gasteiger partial charge in [-0.2, -0.15) is 0 Å². The van der Waals surface area contributed by atoms with Crippen LogP contribution in [0.5, 0.6) is 0 Å². The molecule has 0 saturated carbocycles. The van der Waals surface area contributed by atoms with Gasteiger partial charge >= 0.3 is 0 Å². The number of hydrogen-bond acceptors (Lipinski definition) is 3. The summed E-state index contributed by atoms with van der Waals surface area (Å²) >= 11 is 0. The van der Waals surface area contributed by atoms with Gasteiger partial charge < -0.3 is 15.5 Å². The van der Waals surface area contributed by atoms with E-state index in [9.17, 15) is 9.59 Å². The Kier molecular flexibility index (Phi) is 6.30. The van der Waals surface area contributed by atoms with Crippen LogP contribution in [0.4, 0.5) is 0 Å². The summed E-state index contributed by atoms with van der Waals surface area (Å²) in [5.41, 5.74) is 1.38. The molecule has 0 aliphatic carbocycles. The number of rotatable bonds is 6. The largest absolute Gasteiger partial charge is 0.347 e. The molecule has 2 atom stereocenters. The first-order valence-electron chi connectivity index (χ1n) is 11.0.